The monoisotopic (exact) mass is 506 g/mol. The SMILES string of the molecule is CN(C)c1cc(CNC(=O)N(S)c2ccc(NC(=O)c3ccccc3F)cc2)cc(C(F)(F)F)c1. The molecule has 0 aliphatic carbocycles. The molecule has 0 aliphatic heterocycles. The molecule has 35 heavy (non-hydrogen) atoms. The normalized spacial score (nSPS) is 11.1. The topological polar surface area (TPSA) is 64.7 Å². The minimum absolute atomic E-state index is 0.112. The van der Waals surface area contributed by atoms with Crippen LogP contribution in [0, 0.1) is 5.82 Å². The number of halogens is 4. The lowest BCUT2D eigenvalue weighted by atomic mass is 10.1. The summed E-state index contributed by atoms with van der Waals surface area (Å²) in [5.74, 6) is -1.28. The van der Waals surface area contributed by atoms with Crippen molar-refractivity contribution in [2.45, 2.75) is 12.7 Å². The predicted octanol–water partition coefficient (Wildman–Crippen LogP) is 5.72. The third-order valence-electron chi connectivity index (χ3n) is 4.95. The summed E-state index contributed by atoms with van der Waals surface area (Å²) in [6, 6.07) is 14.4. The number of hydrogen-bond acceptors (Lipinski definition) is 4. The van der Waals surface area contributed by atoms with Gasteiger partial charge in [0.2, 0.25) is 0 Å². The van der Waals surface area contributed by atoms with E-state index in [4.69, 9.17) is 0 Å². The van der Waals surface area contributed by atoms with E-state index >= 15 is 0 Å². The van der Waals surface area contributed by atoms with Crippen LogP contribution in [-0.4, -0.2) is 26.0 Å². The number of nitrogens with zero attached hydrogens (tertiary/aromatic N) is 2. The van der Waals surface area contributed by atoms with E-state index in [1.165, 1.54) is 47.4 Å². The van der Waals surface area contributed by atoms with Crippen LogP contribution in [0.1, 0.15) is 21.5 Å². The minimum Gasteiger partial charge on any atom is -0.378 e. The number of benzene rings is 3. The van der Waals surface area contributed by atoms with E-state index in [0.717, 1.165) is 16.4 Å². The Morgan fingerprint density at radius 1 is 0.943 bits per heavy atom. The summed E-state index contributed by atoms with van der Waals surface area (Å²) >= 11 is 4.15. The lowest BCUT2D eigenvalue weighted by Gasteiger charge is -2.19. The lowest BCUT2D eigenvalue weighted by molar-refractivity contribution is -0.137. The van der Waals surface area contributed by atoms with Gasteiger partial charge < -0.3 is 15.5 Å². The molecule has 11 heteroatoms. The van der Waals surface area contributed by atoms with E-state index in [0.29, 0.717) is 17.1 Å². The molecule has 0 bridgehead atoms. The van der Waals surface area contributed by atoms with Gasteiger partial charge >= 0.3 is 12.2 Å². The summed E-state index contributed by atoms with van der Waals surface area (Å²) in [4.78, 5) is 26.3. The molecule has 0 aromatic heterocycles. The van der Waals surface area contributed by atoms with Crippen LogP contribution in [0.2, 0.25) is 0 Å². The smallest absolute Gasteiger partial charge is 0.378 e. The molecular formula is C24H22F4N4O2S. The maximum absolute atomic E-state index is 13.8. The number of alkyl halides is 3. The fourth-order valence-electron chi connectivity index (χ4n) is 3.10. The molecule has 2 N–H and O–H groups in total. The van der Waals surface area contributed by atoms with Crippen molar-refractivity contribution in [3.05, 3.63) is 89.2 Å². The maximum Gasteiger partial charge on any atom is 0.416 e. The van der Waals surface area contributed by atoms with E-state index in [-0.39, 0.29) is 17.7 Å². The summed E-state index contributed by atoms with van der Waals surface area (Å²) < 4.78 is 54.4. The molecule has 3 aromatic carbocycles. The van der Waals surface area contributed by atoms with Gasteiger partial charge in [0.25, 0.3) is 5.91 Å². The Bertz CT molecular complexity index is 1220. The van der Waals surface area contributed by atoms with Crippen LogP contribution in [0.4, 0.5) is 39.4 Å². The quantitative estimate of drug-likeness (QED) is 0.296. The van der Waals surface area contributed by atoms with Gasteiger partial charge in [-0.3, -0.25) is 4.79 Å². The average Bonchev–Trinajstić information content (AvgIpc) is 2.82. The maximum atomic E-state index is 13.8. The van der Waals surface area contributed by atoms with Crippen LogP contribution in [-0.2, 0) is 12.7 Å². The van der Waals surface area contributed by atoms with Crippen molar-refractivity contribution in [1.82, 2.24) is 5.32 Å². The highest BCUT2D eigenvalue weighted by Gasteiger charge is 2.31. The standard InChI is InChI=1S/C24H22F4N4O2S/c1-31(2)19-12-15(11-16(13-19)24(26,27)28)14-29-23(34)32(35)18-9-7-17(8-10-18)30-22(33)20-5-3-4-6-21(20)25/h3-13,35H,14H2,1-2H3,(H,29,34)(H,30,33). The van der Waals surface area contributed by atoms with Gasteiger partial charge in [0.15, 0.2) is 0 Å². The van der Waals surface area contributed by atoms with Gasteiger partial charge in [-0.25, -0.2) is 13.5 Å². The molecule has 0 saturated carbocycles. The van der Waals surface area contributed by atoms with E-state index in [1.807, 2.05) is 0 Å². The first-order valence-corrected chi connectivity index (χ1v) is 10.7. The molecule has 0 fully saturated rings. The first-order chi connectivity index (χ1) is 16.5. The molecule has 3 rings (SSSR count). The van der Waals surface area contributed by atoms with Crippen LogP contribution < -0.4 is 19.8 Å². The minimum atomic E-state index is -4.52. The molecule has 6 nitrogen and oxygen atoms in total. The predicted molar refractivity (Wildman–Crippen MR) is 130 cm³/mol. The molecule has 184 valence electrons. The van der Waals surface area contributed by atoms with Crippen molar-refractivity contribution in [2.75, 3.05) is 28.6 Å². The van der Waals surface area contributed by atoms with Gasteiger partial charge in [0.05, 0.1) is 16.8 Å². The second-order valence-electron chi connectivity index (χ2n) is 7.73. The van der Waals surface area contributed by atoms with Crippen LogP contribution in [0.25, 0.3) is 0 Å². The zero-order valence-corrected chi connectivity index (χ0v) is 19.6. The van der Waals surface area contributed by atoms with Crippen molar-refractivity contribution < 1.29 is 27.2 Å². The summed E-state index contributed by atoms with van der Waals surface area (Å²) in [7, 11) is 3.24. The lowest BCUT2D eigenvalue weighted by Crippen LogP contribution is -2.33. The molecule has 3 aromatic rings. The Kier molecular flexibility index (Phi) is 7.90. The number of amides is 3. The van der Waals surface area contributed by atoms with Crippen LogP contribution in [0.3, 0.4) is 0 Å². The van der Waals surface area contributed by atoms with Gasteiger partial charge in [-0.15, -0.1) is 0 Å². The summed E-state index contributed by atoms with van der Waals surface area (Å²) in [6.07, 6.45) is -4.52. The Balaban J connectivity index is 1.64. The van der Waals surface area contributed by atoms with Gasteiger partial charge in [0.1, 0.15) is 5.82 Å². The fraction of sp³-hybridized carbons (Fsp3) is 0.167. The highest BCUT2D eigenvalue weighted by Crippen LogP contribution is 2.32. The number of nitrogens with one attached hydrogen (secondary N) is 2. The largest absolute Gasteiger partial charge is 0.416 e. The molecular weight excluding hydrogens is 484 g/mol. The summed E-state index contributed by atoms with van der Waals surface area (Å²) in [5, 5.41) is 5.08. The number of rotatable bonds is 6. The first-order valence-electron chi connectivity index (χ1n) is 10.3. The van der Waals surface area contributed by atoms with Crippen LogP contribution in [0.15, 0.2) is 66.7 Å². The number of carbonyl (C=O) groups excluding carboxylic acids is 2. The van der Waals surface area contributed by atoms with Gasteiger partial charge in [0, 0.05) is 32.0 Å². The molecule has 3 amide bonds. The van der Waals surface area contributed by atoms with Crippen molar-refractivity contribution in [2.24, 2.45) is 0 Å². The van der Waals surface area contributed by atoms with E-state index in [2.05, 4.69) is 23.4 Å². The van der Waals surface area contributed by atoms with E-state index < -0.39 is 29.5 Å². The Hall–Kier alpha value is -3.73. The second kappa shape index (κ2) is 10.7. The zero-order chi connectivity index (χ0) is 25.8. The van der Waals surface area contributed by atoms with E-state index in [9.17, 15) is 27.2 Å². The van der Waals surface area contributed by atoms with Gasteiger partial charge in [-0.05, 0) is 60.2 Å². The van der Waals surface area contributed by atoms with Crippen molar-refractivity contribution >= 4 is 41.8 Å². The number of urea groups is 1. The number of carbonyl (C=O) groups is 2. The van der Waals surface area contributed by atoms with Crippen molar-refractivity contribution in [1.29, 1.82) is 0 Å². The number of hydrogen-bond donors (Lipinski definition) is 3. The van der Waals surface area contributed by atoms with Crippen LogP contribution in [0.5, 0.6) is 0 Å². The molecule has 0 aliphatic rings. The Morgan fingerprint density at radius 2 is 1.60 bits per heavy atom. The third kappa shape index (κ3) is 6.66. The average molecular weight is 507 g/mol. The zero-order valence-electron chi connectivity index (χ0n) is 18.7. The molecule has 0 saturated heterocycles. The second-order valence-corrected chi connectivity index (χ2v) is 8.13. The fourth-order valence-corrected chi connectivity index (χ4v) is 3.30. The molecule has 0 heterocycles. The third-order valence-corrected chi connectivity index (χ3v) is 5.36. The number of thiol groups is 1. The molecule has 0 spiro atoms. The summed E-state index contributed by atoms with van der Waals surface area (Å²) in [5.41, 5.74) is 0.393. The molecule has 0 atom stereocenters. The van der Waals surface area contributed by atoms with Gasteiger partial charge in [-0.1, -0.05) is 24.9 Å². The molecule has 0 radical (unpaired) electrons. The number of anilines is 3. The highest BCUT2D eigenvalue weighted by molar-refractivity contribution is 7.82. The highest BCUT2D eigenvalue weighted by atomic mass is 32.1. The van der Waals surface area contributed by atoms with Gasteiger partial charge in [-0.2, -0.15) is 13.2 Å². The molecule has 0 unspecified atom stereocenters. The Labute approximate surface area is 205 Å². The van der Waals surface area contributed by atoms with Crippen molar-refractivity contribution in [3.63, 3.8) is 0 Å². The summed E-state index contributed by atoms with van der Waals surface area (Å²) in [6.45, 7) is -0.155. The Morgan fingerprint density at radius 3 is 2.20 bits per heavy atom. The van der Waals surface area contributed by atoms with E-state index in [1.54, 1.807) is 26.2 Å². The van der Waals surface area contributed by atoms with Crippen LogP contribution >= 0.6 is 12.8 Å². The van der Waals surface area contributed by atoms with Crippen molar-refractivity contribution in [3.8, 4) is 0 Å². The first kappa shape index (κ1) is 25.9.